The SMILES string of the molecule is Cc1cc(C(=O)Nc2cccc(CN3CCCC3C(N)=O)c2)c(C)n1C1CCCCC1. The van der Waals surface area contributed by atoms with Crippen LogP contribution in [0.4, 0.5) is 5.69 Å². The number of anilines is 1. The van der Waals surface area contributed by atoms with E-state index < -0.39 is 0 Å². The van der Waals surface area contributed by atoms with E-state index in [1.807, 2.05) is 30.3 Å². The van der Waals surface area contributed by atoms with E-state index in [2.05, 4.69) is 28.6 Å². The third-order valence-electron chi connectivity index (χ3n) is 6.93. The van der Waals surface area contributed by atoms with Crippen LogP contribution in [-0.2, 0) is 11.3 Å². The molecule has 3 N–H and O–H groups in total. The Morgan fingerprint density at radius 3 is 2.58 bits per heavy atom. The van der Waals surface area contributed by atoms with E-state index in [1.165, 1.54) is 32.1 Å². The van der Waals surface area contributed by atoms with Gasteiger partial charge in [0.1, 0.15) is 0 Å². The molecule has 1 aliphatic heterocycles. The Bertz CT molecular complexity index is 958. The van der Waals surface area contributed by atoms with E-state index in [-0.39, 0.29) is 17.9 Å². The summed E-state index contributed by atoms with van der Waals surface area (Å²) in [6.07, 6.45) is 8.05. The highest BCUT2D eigenvalue weighted by Crippen LogP contribution is 2.32. The van der Waals surface area contributed by atoms with E-state index >= 15 is 0 Å². The van der Waals surface area contributed by atoms with Gasteiger partial charge in [0.05, 0.1) is 11.6 Å². The monoisotopic (exact) mass is 422 g/mol. The van der Waals surface area contributed by atoms with E-state index in [4.69, 9.17) is 5.73 Å². The van der Waals surface area contributed by atoms with Crippen molar-refractivity contribution in [1.29, 1.82) is 0 Å². The van der Waals surface area contributed by atoms with Crippen molar-refractivity contribution < 1.29 is 9.59 Å². The summed E-state index contributed by atoms with van der Waals surface area (Å²) in [6, 6.07) is 10.2. The number of benzene rings is 1. The highest BCUT2D eigenvalue weighted by molar-refractivity contribution is 6.05. The van der Waals surface area contributed by atoms with E-state index in [1.54, 1.807) is 0 Å². The largest absolute Gasteiger partial charge is 0.368 e. The second-order valence-corrected chi connectivity index (χ2v) is 9.13. The molecule has 1 saturated carbocycles. The molecule has 1 aromatic heterocycles. The number of nitrogens with one attached hydrogen (secondary N) is 1. The standard InChI is InChI=1S/C25H34N4O2/c1-17-14-22(18(2)29(17)21-10-4-3-5-11-21)25(31)27-20-9-6-8-19(15-20)16-28-13-7-12-23(28)24(26)30/h6,8-9,14-15,21,23H,3-5,7,10-13,16H2,1-2H3,(H2,26,30)(H,27,31). The number of carbonyl (C=O) groups is 2. The molecular formula is C25H34N4O2. The molecule has 0 spiro atoms. The number of aromatic nitrogens is 1. The molecule has 1 unspecified atom stereocenters. The van der Waals surface area contributed by atoms with Crippen LogP contribution >= 0.6 is 0 Å². The van der Waals surface area contributed by atoms with E-state index in [9.17, 15) is 9.59 Å². The van der Waals surface area contributed by atoms with Crippen LogP contribution in [0.1, 0.15) is 78.3 Å². The maximum absolute atomic E-state index is 13.1. The fourth-order valence-electron chi connectivity index (χ4n) is 5.43. The summed E-state index contributed by atoms with van der Waals surface area (Å²) in [5.41, 5.74) is 10.4. The van der Waals surface area contributed by atoms with Gasteiger partial charge in [-0.3, -0.25) is 14.5 Å². The molecule has 6 nitrogen and oxygen atoms in total. The van der Waals surface area contributed by atoms with Crippen LogP contribution in [0.15, 0.2) is 30.3 Å². The Kier molecular flexibility index (Phi) is 6.46. The highest BCUT2D eigenvalue weighted by atomic mass is 16.2. The lowest BCUT2D eigenvalue weighted by Gasteiger charge is -2.26. The van der Waals surface area contributed by atoms with Gasteiger partial charge < -0.3 is 15.6 Å². The molecule has 4 rings (SSSR count). The van der Waals surface area contributed by atoms with E-state index in [0.717, 1.165) is 47.6 Å². The topological polar surface area (TPSA) is 80.4 Å². The first-order valence-corrected chi connectivity index (χ1v) is 11.6. The Hall–Kier alpha value is -2.60. The summed E-state index contributed by atoms with van der Waals surface area (Å²) < 4.78 is 2.36. The van der Waals surface area contributed by atoms with Gasteiger partial charge in [-0.1, -0.05) is 31.4 Å². The Labute approximate surface area is 184 Å². The average molecular weight is 423 g/mol. The van der Waals surface area contributed by atoms with Crippen molar-refractivity contribution in [2.24, 2.45) is 5.73 Å². The van der Waals surface area contributed by atoms with Crippen LogP contribution in [0.5, 0.6) is 0 Å². The maximum atomic E-state index is 13.1. The van der Waals surface area contributed by atoms with Gasteiger partial charge in [-0.2, -0.15) is 0 Å². The zero-order valence-corrected chi connectivity index (χ0v) is 18.7. The minimum absolute atomic E-state index is 0.0662. The van der Waals surface area contributed by atoms with Crippen LogP contribution < -0.4 is 11.1 Å². The molecule has 2 aliphatic rings. The lowest BCUT2D eigenvalue weighted by molar-refractivity contribution is -0.122. The van der Waals surface area contributed by atoms with Gasteiger partial charge in [-0.05, 0) is 69.8 Å². The Morgan fingerprint density at radius 2 is 1.84 bits per heavy atom. The molecule has 2 aromatic rings. The predicted molar refractivity (Wildman–Crippen MR) is 123 cm³/mol. The third-order valence-corrected chi connectivity index (χ3v) is 6.93. The first-order valence-electron chi connectivity index (χ1n) is 11.6. The number of amides is 2. The molecule has 1 aromatic carbocycles. The molecule has 166 valence electrons. The quantitative estimate of drug-likeness (QED) is 0.728. The summed E-state index contributed by atoms with van der Waals surface area (Å²) in [6.45, 7) is 5.69. The lowest BCUT2D eigenvalue weighted by Crippen LogP contribution is -2.39. The minimum Gasteiger partial charge on any atom is -0.368 e. The van der Waals surface area contributed by atoms with Gasteiger partial charge in [0.15, 0.2) is 0 Å². The highest BCUT2D eigenvalue weighted by Gasteiger charge is 2.29. The number of nitrogens with two attached hydrogens (primary N) is 1. The lowest BCUT2D eigenvalue weighted by atomic mass is 9.95. The molecule has 0 bridgehead atoms. The maximum Gasteiger partial charge on any atom is 0.257 e. The van der Waals surface area contributed by atoms with Crippen LogP contribution in [0.2, 0.25) is 0 Å². The fourth-order valence-corrected chi connectivity index (χ4v) is 5.43. The van der Waals surface area contributed by atoms with Crippen molar-refractivity contribution >= 4 is 17.5 Å². The van der Waals surface area contributed by atoms with Gasteiger partial charge in [0, 0.05) is 29.7 Å². The number of aryl methyl sites for hydroxylation is 1. The summed E-state index contributed by atoms with van der Waals surface area (Å²) in [7, 11) is 0. The smallest absolute Gasteiger partial charge is 0.257 e. The number of hydrogen-bond donors (Lipinski definition) is 2. The van der Waals surface area contributed by atoms with Crippen molar-refractivity contribution in [1.82, 2.24) is 9.47 Å². The number of likely N-dealkylation sites (tertiary alicyclic amines) is 1. The molecule has 1 atom stereocenters. The molecule has 2 heterocycles. The molecule has 1 saturated heterocycles. The summed E-state index contributed by atoms with van der Waals surface area (Å²) in [5, 5.41) is 3.08. The normalized spacial score (nSPS) is 20.1. The molecular weight excluding hydrogens is 388 g/mol. The van der Waals surface area contributed by atoms with E-state index in [0.29, 0.717) is 12.6 Å². The molecule has 1 aliphatic carbocycles. The molecule has 0 radical (unpaired) electrons. The van der Waals surface area contributed by atoms with Crippen molar-refractivity contribution in [2.45, 2.75) is 77.4 Å². The van der Waals surface area contributed by atoms with Crippen molar-refractivity contribution in [3.63, 3.8) is 0 Å². The molecule has 2 amide bonds. The number of nitrogens with zero attached hydrogens (tertiary/aromatic N) is 2. The summed E-state index contributed by atoms with van der Waals surface area (Å²) >= 11 is 0. The number of carbonyl (C=O) groups excluding carboxylic acids is 2. The number of hydrogen-bond acceptors (Lipinski definition) is 3. The number of primary amides is 1. The van der Waals surface area contributed by atoms with Crippen LogP contribution in [0, 0.1) is 13.8 Å². The Balaban J connectivity index is 1.47. The van der Waals surface area contributed by atoms with Crippen molar-refractivity contribution in [2.75, 3.05) is 11.9 Å². The second-order valence-electron chi connectivity index (χ2n) is 9.13. The second kappa shape index (κ2) is 9.27. The zero-order valence-electron chi connectivity index (χ0n) is 18.7. The average Bonchev–Trinajstić information content (AvgIpc) is 3.33. The molecule has 31 heavy (non-hydrogen) atoms. The third kappa shape index (κ3) is 4.69. The van der Waals surface area contributed by atoms with Crippen molar-refractivity contribution in [3.05, 3.63) is 52.8 Å². The van der Waals surface area contributed by atoms with Gasteiger partial charge >= 0.3 is 0 Å². The molecule has 2 fully saturated rings. The first-order chi connectivity index (χ1) is 14.9. The van der Waals surface area contributed by atoms with Gasteiger partial charge in [0.25, 0.3) is 5.91 Å². The zero-order chi connectivity index (χ0) is 22.0. The van der Waals surface area contributed by atoms with Crippen LogP contribution in [0.3, 0.4) is 0 Å². The van der Waals surface area contributed by atoms with Crippen molar-refractivity contribution in [3.8, 4) is 0 Å². The summed E-state index contributed by atoms with van der Waals surface area (Å²) in [4.78, 5) is 26.9. The van der Waals surface area contributed by atoms with Crippen LogP contribution in [-0.4, -0.2) is 33.9 Å². The van der Waals surface area contributed by atoms with Gasteiger partial charge in [-0.15, -0.1) is 0 Å². The first kappa shape index (κ1) is 21.6. The fraction of sp³-hybridized carbons (Fsp3) is 0.520. The van der Waals surface area contributed by atoms with Crippen LogP contribution in [0.25, 0.3) is 0 Å². The summed E-state index contributed by atoms with van der Waals surface area (Å²) in [5.74, 6) is -0.321. The molecule has 6 heteroatoms. The van der Waals surface area contributed by atoms with Gasteiger partial charge in [0.2, 0.25) is 5.91 Å². The van der Waals surface area contributed by atoms with Gasteiger partial charge in [-0.25, -0.2) is 0 Å². The Morgan fingerprint density at radius 1 is 1.06 bits per heavy atom. The number of rotatable bonds is 6. The predicted octanol–water partition coefficient (Wildman–Crippen LogP) is 4.31. The minimum atomic E-state index is -0.254.